The first-order valence-corrected chi connectivity index (χ1v) is 6.48. The first-order chi connectivity index (χ1) is 9.97. The zero-order valence-corrected chi connectivity index (χ0v) is 11.9. The minimum Gasteiger partial charge on any atom is -0.497 e. The van der Waals surface area contributed by atoms with Crippen LogP contribution in [0.15, 0.2) is 18.2 Å². The first-order valence-electron chi connectivity index (χ1n) is 6.48. The predicted octanol–water partition coefficient (Wildman–Crippen LogP) is 0.591. The largest absolute Gasteiger partial charge is 0.497 e. The van der Waals surface area contributed by atoms with E-state index in [1.165, 1.54) is 25.2 Å². The number of hydrogen-bond donors (Lipinski definition) is 2. The Morgan fingerprint density at radius 1 is 1.38 bits per heavy atom. The van der Waals surface area contributed by atoms with E-state index in [-0.39, 0.29) is 30.3 Å². The molecule has 0 aliphatic carbocycles. The molecule has 3 N–H and O–H groups in total. The van der Waals surface area contributed by atoms with Crippen molar-refractivity contribution in [1.82, 2.24) is 4.90 Å². The van der Waals surface area contributed by atoms with Crippen molar-refractivity contribution >= 4 is 17.6 Å². The molecule has 2 unspecified atom stereocenters. The molecule has 21 heavy (non-hydrogen) atoms. The molecule has 1 amide bonds. The van der Waals surface area contributed by atoms with E-state index in [1.807, 2.05) is 0 Å². The summed E-state index contributed by atoms with van der Waals surface area (Å²) in [5, 5.41) is 9.26. The van der Waals surface area contributed by atoms with Crippen LogP contribution in [0.25, 0.3) is 0 Å². The Labute approximate surface area is 122 Å². The van der Waals surface area contributed by atoms with Crippen molar-refractivity contribution in [2.45, 2.75) is 18.6 Å². The summed E-state index contributed by atoms with van der Waals surface area (Å²) < 4.78 is 10.2. The van der Waals surface area contributed by atoms with E-state index in [2.05, 4.69) is 0 Å². The lowest BCUT2D eigenvalue weighted by Crippen LogP contribution is -2.40. The fraction of sp³-hybridized carbons (Fsp3) is 0.429. The second-order valence-electron chi connectivity index (χ2n) is 4.86. The highest BCUT2D eigenvalue weighted by Gasteiger charge is 2.40. The number of likely N-dealkylation sites (tertiary alicyclic amines) is 1. The molecule has 1 aromatic rings. The van der Waals surface area contributed by atoms with Gasteiger partial charge in [-0.15, -0.1) is 0 Å². The van der Waals surface area contributed by atoms with Crippen LogP contribution in [0, 0.1) is 0 Å². The van der Waals surface area contributed by atoms with Crippen molar-refractivity contribution in [3.63, 3.8) is 0 Å². The number of carboxylic acids is 1. The molecule has 1 aliphatic rings. The van der Waals surface area contributed by atoms with Gasteiger partial charge in [-0.3, -0.25) is 4.79 Å². The van der Waals surface area contributed by atoms with Crippen LogP contribution in [0.2, 0.25) is 0 Å². The number of rotatable bonds is 4. The van der Waals surface area contributed by atoms with Gasteiger partial charge in [0.1, 0.15) is 11.8 Å². The second-order valence-corrected chi connectivity index (χ2v) is 4.86. The highest BCUT2D eigenvalue weighted by atomic mass is 16.5. The molecule has 0 radical (unpaired) electrons. The second kappa shape index (κ2) is 6.01. The third kappa shape index (κ3) is 2.92. The van der Waals surface area contributed by atoms with Crippen LogP contribution in [0.4, 0.5) is 5.69 Å². The minimum absolute atomic E-state index is 0.225. The van der Waals surface area contributed by atoms with E-state index in [0.717, 1.165) is 0 Å². The average Bonchev–Trinajstić information content (AvgIpc) is 2.91. The van der Waals surface area contributed by atoms with Gasteiger partial charge in [0.15, 0.2) is 0 Å². The zero-order valence-electron chi connectivity index (χ0n) is 11.9. The minimum atomic E-state index is -1.05. The first kappa shape index (κ1) is 15.1. The fourth-order valence-corrected chi connectivity index (χ4v) is 2.43. The van der Waals surface area contributed by atoms with E-state index < -0.39 is 17.9 Å². The number of amides is 1. The van der Waals surface area contributed by atoms with Crippen LogP contribution in [0.5, 0.6) is 5.75 Å². The lowest BCUT2D eigenvalue weighted by atomic mass is 10.1. The summed E-state index contributed by atoms with van der Waals surface area (Å²) in [7, 11) is 2.98. The molecule has 7 heteroatoms. The summed E-state index contributed by atoms with van der Waals surface area (Å²) in [4.78, 5) is 25.2. The maximum Gasteiger partial charge on any atom is 0.326 e. The Bertz CT molecular complexity index is 560. The van der Waals surface area contributed by atoms with Gasteiger partial charge in [0.25, 0.3) is 5.91 Å². The standard InChI is InChI=1S/C14H18N2O5/c1-20-8-3-4-11(15)10(5-8)13(17)16-7-9(21-2)6-12(16)14(18)19/h3-5,9,12H,6-7,15H2,1-2H3,(H,18,19). The smallest absolute Gasteiger partial charge is 0.326 e. The highest BCUT2D eigenvalue weighted by Crippen LogP contribution is 2.26. The summed E-state index contributed by atoms with van der Waals surface area (Å²) >= 11 is 0. The van der Waals surface area contributed by atoms with E-state index in [0.29, 0.717) is 5.75 Å². The Morgan fingerprint density at radius 2 is 2.10 bits per heavy atom. The molecule has 0 spiro atoms. The van der Waals surface area contributed by atoms with Crippen molar-refractivity contribution in [3.8, 4) is 5.75 Å². The Morgan fingerprint density at radius 3 is 2.67 bits per heavy atom. The zero-order chi connectivity index (χ0) is 15.6. The number of aliphatic carboxylic acids is 1. The van der Waals surface area contributed by atoms with Gasteiger partial charge < -0.3 is 25.2 Å². The van der Waals surface area contributed by atoms with Crippen molar-refractivity contribution in [1.29, 1.82) is 0 Å². The van der Waals surface area contributed by atoms with Gasteiger partial charge in [-0.25, -0.2) is 4.79 Å². The number of benzene rings is 1. The Balaban J connectivity index is 2.32. The van der Waals surface area contributed by atoms with Crippen LogP contribution in [0.1, 0.15) is 16.8 Å². The maximum absolute atomic E-state index is 12.6. The molecule has 2 atom stereocenters. The fourth-order valence-electron chi connectivity index (χ4n) is 2.43. The van der Waals surface area contributed by atoms with Gasteiger partial charge in [0.05, 0.1) is 18.8 Å². The monoisotopic (exact) mass is 294 g/mol. The molecular weight excluding hydrogens is 276 g/mol. The summed E-state index contributed by atoms with van der Waals surface area (Å²) in [6.07, 6.45) is -0.0246. The number of nitrogens with two attached hydrogens (primary N) is 1. The van der Waals surface area contributed by atoms with Gasteiger partial charge in [-0.05, 0) is 18.2 Å². The van der Waals surface area contributed by atoms with Crippen LogP contribution >= 0.6 is 0 Å². The van der Waals surface area contributed by atoms with Crippen molar-refractivity contribution in [2.24, 2.45) is 0 Å². The quantitative estimate of drug-likeness (QED) is 0.788. The van der Waals surface area contributed by atoms with Crippen LogP contribution in [0.3, 0.4) is 0 Å². The topological polar surface area (TPSA) is 102 Å². The number of nitrogens with zero attached hydrogens (tertiary/aromatic N) is 1. The normalized spacial score (nSPS) is 21.3. The van der Waals surface area contributed by atoms with Crippen LogP contribution < -0.4 is 10.5 Å². The number of carboxylic acid groups (broad SMARTS) is 1. The Hall–Kier alpha value is -2.28. The molecule has 2 rings (SSSR count). The van der Waals surface area contributed by atoms with Crippen molar-refractivity contribution in [2.75, 3.05) is 26.5 Å². The molecule has 1 heterocycles. The average molecular weight is 294 g/mol. The molecule has 0 saturated carbocycles. The lowest BCUT2D eigenvalue weighted by Gasteiger charge is -2.22. The van der Waals surface area contributed by atoms with Gasteiger partial charge in [0, 0.05) is 25.8 Å². The van der Waals surface area contributed by atoms with E-state index >= 15 is 0 Å². The van der Waals surface area contributed by atoms with Crippen LogP contribution in [-0.4, -0.2) is 54.8 Å². The summed E-state index contributed by atoms with van der Waals surface area (Å²) in [6.45, 7) is 0.225. The van der Waals surface area contributed by atoms with Gasteiger partial charge >= 0.3 is 5.97 Å². The van der Waals surface area contributed by atoms with E-state index in [4.69, 9.17) is 15.2 Å². The SMILES string of the molecule is COc1ccc(N)c(C(=O)N2CC(OC)CC2C(=O)O)c1. The molecule has 1 aromatic carbocycles. The summed E-state index contributed by atoms with van der Waals surface area (Å²) in [6, 6.07) is 3.80. The molecule has 1 fully saturated rings. The number of carbonyl (C=O) groups is 2. The number of anilines is 1. The number of carbonyl (C=O) groups excluding carboxylic acids is 1. The van der Waals surface area contributed by atoms with Gasteiger partial charge in [-0.2, -0.15) is 0 Å². The van der Waals surface area contributed by atoms with Crippen molar-refractivity contribution < 1.29 is 24.2 Å². The van der Waals surface area contributed by atoms with Crippen molar-refractivity contribution in [3.05, 3.63) is 23.8 Å². The highest BCUT2D eigenvalue weighted by molar-refractivity contribution is 6.01. The number of methoxy groups -OCH3 is 2. The molecule has 1 aliphatic heterocycles. The molecule has 1 saturated heterocycles. The molecule has 7 nitrogen and oxygen atoms in total. The third-order valence-corrected chi connectivity index (χ3v) is 3.63. The van der Waals surface area contributed by atoms with Gasteiger partial charge in [0.2, 0.25) is 0 Å². The Kier molecular flexibility index (Phi) is 4.32. The van der Waals surface area contributed by atoms with Gasteiger partial charge in [-0.1, -0.05) is 0 Å². The molecule has 114 valence electrons. The van der Waals surface area contributed by atoms with E-state index in [1.54, 1.807) is 12.1 Å². The number of ether oxygens (including phenoxy) is 2. The van der Waals surface area contributed by atoms with Crippen LogP contribution in [-0.2, 0) is 9.53 Å². The molecule has 0 aromatic heterocycles. The summed E-state index contributed by atoms with van der Waals surface area (Å²) in [5.41, 5.74) is 6.34. The third-order valence-electron chi connectivity index (χ3n) is 3.63. The summed E-state index contributed by atoms with van der Waals surface area (Å²) in [5.74, 6) is -0.996. The van der Waals surface area contributed by atoms with E-state index in [9.17, 15) is 14.7 Å². The number of nitrogen functional groups attached to an aromatic ring is 1. The maximum atomic E-state index is 12.6. The lowest BCUT2D eigenvalue weighted by molar-refractivity contribution is -0.141. The molecule has 0 bridgehead atoms. The number of hydrogen-bond acceptors (Lipinski definition) is 5. The molecular formula is C14H18N2O5. The predicted molar refractivity (Wildman–Crippen MR) is 75.3 cm³/mol.